The molecule has 1 unspecified atom stereocenters. The molecule has 4 rings (SSSR count). The fraction of sp³-hybridized carbons (Fsp3) is 0.567. The maximum atomic E-state index is 12.5. The van der Waals surface area contributed by atoms with Crippen LogP contribution in [0.2, 0.25) is 0 Å². The average molecular weight is 462 g/mol. The number of rotatable bonds is 11. The van der Waals surface area contributed by atoms with Crippen LogP contribution < -0.4 is 10.2 Å². The number of nitrogens with one attached hydrogen (secondary N) is 1. The Kier molecular flexibility index (Phi) is 9.44. The minimum Gasteiger partial charge on any atom is -0.369 e. The Morgan fingerprint density at radius 1 is 0.941 bits per heavy atom. The highest BCUT2D eigenvalue weighted by atomic mass is 16.1. The molecule has 0 saturated carbocycles. The summed E-state index contributed by atoms with van der Waals surface area (Å²) in [6.07, 6.45) is 11.0. The molecule has 0 aromatic heterocycles. The summed E-state index contributed by atoms with van der Waals surface area (Å²) in [7, 11) is 0. The molecule has 0 radical (unpaired) electrons. The molecule has 1 atom stereocenters. The van der Waals surface area contributed by atoms with Gasteiger partial charge in [0.15, 0.2) is 0 Å². The number of piperazine rings is 1. The van der Waals surface area contributed by atoms with Crippen LogP contribution in [0.4, 0.5) is 5.69 Å². The van der Waals surface area contributed by atoms with Gasteiger partial charge < -0.3 is 10.2 Å². The second-order valence-corrected chi connectivity index (χ2v) is 10.1. The first kappa shape index (κ1) is 24.8. The highest BCUT2D eigenvalue weighted by molar-refractivity contribution is 5.76. The zero-order valence-electron chi connectivity index (χ0n) is 21.1. The lowest BCUT2D eigenvalue weighted by molar-refractivity contribution is -0.122. The van der Waals surface area contributed by atoms with Crippen molar-refractivity contribution in [1.29, 1.82) is 0 Å². The van der Waals surface area contributed by atoms with Crippen molar-refractivity contribution >= 4 is 11.6 Å². The number of unbranched alkanes of at least 4 members (excludes halogenated alkanes) is 3. The van der Waals surface area contributed by atoms with Crippen LogP contribution in [-0.4, -0.2) is 43.5 Å². The summed E-state index contributed by atoms with van der Waals surface area (Å²) < 4.78 is 0. The number of hydrogen-bond donors (Lipinski definition) is 1. The largest absolute Gasteiger partial charge is 0.369 e. The van der Waals surface area contributed by atoms with E-state index in [1.54, 1.807) is 0 Å². The molecule has 4 nitrogen and oxygen atoms in total. The van der Waals surface area contributed by atoms with E-state index < -0.39 is 0 Å². The van der Waals surface area contributed by atoms with E-state index in [0.29, 0.717) is 6.42 Å². The van der Waals surface area contributed by atoms with Crippen LogP contribution in [0.5, 0.6) is 0 Å². The maximum Gasteiger partial charge on any atom is 0.220 e. The van der Waals surface area contributed by atoms with E-state index in [9.17, 15) is 4.79 Å². The zero-order chi connectivity index (χ0) is 23.6. The van der Waals surface area contributed by atoms with Crippen molar-refractivity contribution in [3.63, 3.8) is 0 Å². The average Bonchev–Trinajstić information content (AvgIpc) is 2.88. The van der Waals surface area contributed by atoms with Crippen molar-refractivity contribution in [2.45, 2.75) is 77.2 Å². The summed E-state index contributed by atoms with van der Waals surface area (Å²) in [4.78, 5) is 17.7. The number of benzene rings is 2. The van der Waals surface area contributed by atoms with Crippen molar-refractivity contribution < 1.29 is 4.79 Å². The van der Waals surface area contributed by atoms with Crippen molar-refractivity contribution in [2.24, 2.45) is 0 Å². The van der Waals surface area contributed by atoms with Gasteiger partial charge in [-0.15, -0.1) is 0 Å². The van der Waals surface area contributed by atoms with E-state index in [4.69, 9.17) is 0 Å². The molecule has 1 aliphatic carbocycles. The van der Waals surface area contributed by atoms with Crippen LogP contribution in [0.25, 0.3) is 0 Å². The Labute approximate surface area is 206 Å². The number of carbonyl (C=O) groups is 1. The third kappa shape index (κ3) is 6.85. The third-order valence-electron chi connectivity index (χ3n) is 7.59. The standard InChI is InChI=1S/C30H43N3O/c1-2-3-12-26-14-7-9-18-29(26)33-23-21-32(22-24-33)20-10-4-5-19-30(34)31-28-17-11-15-25-13-6-8-16-27(25)28/h6-9,13-14,16,18,28H,2-5,10-12,15,17,19-24H2,1H3,(H,31,34). The van der Waals surface area contributed by atoms with Crippen LogP contribution in [0.1, 0.15) is 81.0 Å². The van der Waals surface area contributed by atoms with Gasteiger partial charge in [0.25, 0.3) is 0 Å². The van der Waals surface area contributed by atoms with Gasteiger partial charge in [0.2, 0.25) is 5.91 Å². The first-order valence-electron chi connectivity index (χ1n) is 13.7. The molecule has 1 saturated heterocycles. The van der Waals surface area contributed by atoms with E-state index in [-0.39, 0.29) is 11.9 Å². The fourth-order valence-corrected chi connectivity index (χ4v) is 5.58. The summed E-state index contributed by atoms with van der Waals surface area (Å²) >= 11 is 0. The molecular weight excluding hydrogens is 418 g/mol. The van der Waals surface area contributed by atoms with E-state index in [1.807, 2.05) is 0 Å². The van der Waals surface area contributed by atoms with E-state index in [0.717, 1.165) is 58.4 Å². The first-order valence-corrected chi connectivity index (χ1v) is 13.7. The van der Waals surface area contributed by atoms with Gasteiger partial charge in [0.1, 0.15) is 0 Å². The summed E-state index contributed by atoms with van der Waals surface area (Å²) in [5.74, 6) is 0.219. The molecule has 1 amide bonds. The Morgan fingerprint density at radius 2 is 1.74 bits per heavy atom. The molecule has 184 valence electrons. The van der Waals surface area contributed by atoms with Crippen LogP contribution in [0.3, 0.4) is 0 Å². The highest BCUT2D eigenvalue weighted by Crippen LogP contribution is 2.29. The van der Waals surface area contributed by atoms with Gasteiger partial charge in [-0.3, -0.25) is 9.69 Å². The Hall–Kier alpha value is -2.33. The maximum absolute atomic E-state index is 12.5. The molecular formula is C30H43N3O. The topological polar surface area (TPSA) is 35.6 Å². The van der Waals surface area contributed by atoms with E-state index in [2.05, 4.69) is 70.6 Å². The number of fused-ring (bicyclic) bond motifs is 1. The second kappa shape index (κ2) is 12.9. The minimum absolute atomic E-state index is 0.209. The third-order valence-corrected chi connectivity index (χ3v) is 7.59. The first-order chi connectivity index (χ1) is 16.7. The second-order valence-electron chi connectivity index (χ2n) is 10.1. The predicted octanol–water partition coefficient (Wildman–Crippen LogP) is 5.91. The van der Waals surface area contributed by atoms with Gasteiger partial charge in [-0.05, 0) is 74.2 Å². The normalized spacial score (nSPS) is 18.5. The van der Waals surface area contributed by atoms with Gasteiger partial charge in [0.05, 0.1) is 6.04 Å². The van der Waals surface area contributed by atoms with Crippen molar-refractivity contribution in [3.8, 4) is 0 Å². The molecule has 34 heavy (non-hydrogen) atoms. The number of hydrogen-bond acceptors (Lipinski definition) is 3. The SMILES string of the molecule is CCCCc1ccccc1N1CCN(CCCCCC(=O)NC2CCCc3ccccc32)CC1. The molecule has 2 aromatic rings. The molecule has 1 aliphatic heterocycles. The fourth-order valence-electron chi connectivity index (χ4n) is 5.58. The van der Waals surface area contributed by atoms with Gasteiger partial charge in [-0.1, -0.05) is 62.2 Å². The molecule has 0 spiro atoms. The Bertz CT molecular complexity index is 903. The number of aryl methyl sites for hydroxylation is 2. The van der Waals surface area contributed by atoms with Crippen LogP contribution in [0.15, 0.2) is 48.5 Å². The van der Waals surface area contributed by atoms with Gasteiger partial charge in [-0.25, -0.2) is 0 Å². The van der Waals surface area contributed by atoms with E-state index in [1.165, 1.54) is 54.5 Å². The van der Waals surface area contributed by atoms with Gasteiger partial charge in [0, 0.05) is 38.3 Å². The predicted molar refractivity (Wildman–Crippen MR) is 142 cm³/mol. The lowest BCUT2D eigenvalue weighted by atomic mass is 9.87. The lowest BCUT2D eigenvalue weighted by Gasteiger charge is -2.37. The smallest absolute Gasteiger partial charge is 0.220 e. The monoisotopic (exact) mass is 461 g/mol. The van der Waals surface area contributed by atoms with Crippen LogP contribution in [0, 0.1) is 0 Å². The van der Waals surface area contributed by atoms with Crippen LogP contribution >= 0.6 is 0 Å². The molecule has 4 heteroatoms. The number of para-hydroxylation sites is 1. The molecule has 2 aromatic carbocycles. The Morgan fingerprint density at radius 3 is 2.59 bits per heavy atom. The summed E-state index contributed by atoms with van der Waals surface area (Å²) in [5.41, 5.74) is 5.69. The van der Waals surface area contributed by atoms with Crippen LogP contribution in [-0.2, 0) is 17.6 Å². The van der Waals surface area contributed by atoms with Crippen molar-refractivity contribution in [1.82, 2.24) is 10.2 Å². The minimum atomic E-state index is 0.209. The number of nitrogens with zero attached hydrogens (tertiary/aromatic N) is 2. The zero-order valence-corrected chi connectivity index (χ0v) is 21.1. The Balaban J connectivity index is 1.11. The van der Waals surface area contributed by atoms with Crippen molar-refractivity contribution in [2.75, 3.05) is 37.6 Å². The summed E-state index contributed by atoms with van der Waals surface area (Å²) in [6.45, 7) is 7.95. The van der Waals surface area contributed by atoms with E-state index >= 15 is 0 Å². The molecule has 1 heterocycles. The molecule has 0 bridgehead atoms. The number of carbonyl (C=O) groups excluding carboxylic acids is 1. The van der Waals surface area contributed by atoms with Gasteiger partial charge >= 0.3 is 0 Å². The molecule has 2 aliphatic rings. The van der Waals surface area contributed by atoms with Crippen molar-refractivity contribution in [3.05, 3.63) is 65.2 Å². The lowest BCUT2D eigenvalue weighted by Crippen LogP contribution is -2.46. The molecule has 1 N–H and O–H groups in total. The number of anilines is 1. The quantitative estimate of drug-likeness (QED) is 0.423. The number of amides is 1. The van der Waals surface area contributed by atoms with Gasteiger partial charge in [-0.2, -0.15) is 0 Å². The highest BCUT2D eigenvalue weighted by Gasteiger charge is 2.21. The summed E-state index contributed by atoms with van der Waals surface area (Å²) in [5, 5.41) is 3.30. The summed E-state index contributed by atoms with van der Waals surface area (Å²) in [6, 6.07) is 17.8. The molecule has 1 fully saturated rings.